The van der Waals surface area contributed by atoms with E-state index in [0.29, 0.717) is 12.1 Å². The number of hydrogen-bond acceptors (Lipinski definition) is 3. The van der Waals surface area contributed by atoms with E-state index in [2.05, 4.69) is 11.9 Å². The largest absolute Gasteiger partial charge is 0.313 e. The maximum absolute atomic E-state index is 14.2. The molecule has 0 spiro atoms. The maximum Gasteiger partial charge on any atom is 0.246 e. The molecule has 6 heteroatoms. The molecule has 1 rings (SSSR count). The summed E-state index contributed by atoms with van der Waals surface area (Å²) < 4.78 is 40.5. The van der Waals surface area contributed by atoms with Crippen LogP contribution in [0.3, 0.4) is 0 Å². The average Bonchev–Trinajstić information content (AvgIpc) is 2.41. The van der Waals surface area contributed by atoms with Crippen LogP contribution in [0.5, 0.6) is 0 Å². The number of rotatable bonds is 8. The summed E-state index contributed by atoms with van der Waals surface area (Å²) in [5, 5.41) is 3.07. The second-order valence-corrected chi connectivity index (χ2v) is 6.86. The van der Waals surface area contributed by atoms with Crippen molar-refractivity contribution in [3.05, 3.63) is 42.2 Å². The average molecular weight is 314 g/mol. The number of nitrogens with zero attached hydrogens (tertiary/aromatic N) is 1. The van der Waals surface area contributed by atoms with E-state index in [1.807, 2.05) is 6.92 Å². The third-order valence-corrected chi connectivity index (χ3v) is 5.12. The van der Waals surface area contributed by atoms with Gasteiger partial charge in [0.05, 0.1) is 0 Å². The molecule has 0 aliphatic heterocycles. The lowest BCUT2D eigenvalue weighted by atomic mass is 10.2. The van der Waals surface area contributed by atoms with Gasteiger partial charge in [0, 0.05) is 19.1 Å². The Morgan fingerprint density at radius 3 is 2.57 bits per heavy atom. The van der Waals surface area contributed by atoms with Crippen molar-refractivity contribution in [2.45, 2.75) is 38.3 Å². The molecule has 0 aromatic heterocycles. The van der Waals surface area contributed by atoms with E-state index >= 15 is 0 Å². The molecule has 4 nitrogen and oxygen atoms in total. The minimum absolute atomic E-state index is 0.151. The zero-order valence-corrected chi connectivity index (χ0v) is 13.6. The van der Waals surface area contributed by atoms with Crippen molar-refractivity contribution in [1.29, 1.82) is 0 Å². The summed E-state index contributed by atoms with van der Waals surface area (Å²) in [4.78, 5) is -0.293. The Kier molecular flexibility index (Phi) is 6.51. The highest BCUT2D eigenvalue weighted by Crippen LogP contribution is 2.22. The van der Waals surface area contributed by atoms with Crippen molar-refractivity contribution < 1.29 is 12.8 Å². The molecule has 0 aliphatic rings. The fourth-order valence-electron chi connectivity index (χ4n) is 1.97. The van der Waals surface area contributed by atoms with Gasteiger partial charge in [-0.3, -0.25) is 0 Å². The number of halogens is 1. The Labute approximate surface area is 126 Å². The Bertz CT molecular complexity index is 585. The Hall–Kier alpha value is -1.24. The van der Waals surface area contributed by atoms with E-state index < -0.39 is 15.8 Å². The summed E-state index contributed by atoms with van der Waals surface area (Å²) in [6.45, 7) is 10.4. The molecule has 0 heterocycles. The Morgan fingerprint density at radius 1 is 1.43 bits per heavy atom. The second kappa shape index (κ2) is 7.68. The molecule has 118 valence electrons. The molecule has 1 aromatic rings. The topological polar surface area (TPSA) is 49.4 Å². The lowest BCUT2D eigenvalue weighted by Gasteiger charge is -2.24. The first-order chi connectivity index (χ1) is 9.84. The molecule has 0 saturated heterocycles. The molecule has 0 aliphatic carbocycles. The van der Waals surface area contributed by atoms with Gasteiger partial charge < -0.3 is 5.32 Å². The zero-order chi connectivity index (χ0) is 16.0. The number of nitrogens with one attached hydrogen (secondary N) is 1. The summed E-state index contributed by atoms with van der Waals surface area (Å²) in [5.41, 5.74) is 0.716. The highest BCUT2D eigenvalue weighted by atomic mass is 32.2. The van der Waals surface area contributed by atoms with Crippen molar-refractivity contribution in [1.82, 2.24) is 9.62 Å². The summed E-state index contributed by atoms with van der Waals surface area (Å²) >= 11 is 0. The van der Waals surface area contributed by atoms with E-state index in [4.69, 9.17) is 0 Å². The van der Waals surface area contributed by atoms with Crippen molar-refractivity contribution >= 4 is 10.0 Å². The molecule has 1 N–H and O–H groups in total. The minimum atomic E-state index is -3.86. The maximum atomic E-state index is 14.2. The predicted molar refractivity (Wildman–Crippen MR) is 83.0 cm³/mol. The smallest absolute Gasteiger partial charge is 0.246 e. The van der Waals surface area contributed by atoms with Crippen LogP contribution in [0.15, 0.2) is 35.7 Å². The van der Waals surface area contributed by atoms with E-state index in [1.54, 1.807) is 19.9 Å². The van der Waals surface area contributed by atoms with Gasteiger partial charge in [-0.15, -0.1) is 6.58 Å². The predicted octanol–water partition coefficient (Wildman–Crippen LogP) is 2.52. The first kappa shape index (κ1) is 17.8. The van der Waals surface area contributed by atoms with Gasteiger partial charge in [0.2, 0.25) is 10.0 Å². The van der Waals surface area contributed by atoms with Gasteiger partial charge >= 0.3 is 0 Å². The molecule has 0 atom stereocenters. The van der Waals surface area contributed by atoms with Crippen LogP contribution < -0.4 is 5.32 Å². The fraction of sp³-hybridized carbons (Fsp3) is 0.467. The fourth-order valence-corrected chi connectivity index (χ4v) is 3.63. The van der Waals surface area contributed by atoms with Crippen molar-refractivity contribution in [3.63, 3.8) is 0 Å². The highest BCUT2D eigenvalue weighted by Gasteiger charge is 2.28. The monoisotopic (exact) mass is 314 g/mol. The van der Waals surface area contributed by atoms with Gasteiger partial charge in [-0.1, -0.05) is 19.1 Å². The highest BCUT2D eigenvalue weighted by molar-refractivity contribution is 7.89. The minimum Gasteiger partial charge on any atom is -0.313 e. The molecule has 0 unspecified atom stereocenters. The van der Waals surface area contributed by atoms with Crippen LogP contribution in [0.2, 0.25) is 0 Å². The lowest BCUT2D eigenvalue weighted by Crippen LogP contribution is -2.37. The van der Waals surface area contributed by atoms with Crippen LogP contribution in [0.1, 0.15) is 26.3 Å². The Balaban J connectivity index is 3.16. The molecule has 0 radical (unpaired) electrons. The van der Waals surface area contributed by atoms with Gasteiger partial charge in [-0.25, -0.2) is 12.8 Å². The molecule has 0 bridgehead atoms. The number of sulfonamides is 1. The van der Waals surface area contributed by atoms with Crippen LogP contribution in [0.4, 0.5) is 4.39 Å². The third-order valence-electron chi connectivity index (χ3n) is 3.05. The molecule has 0 amide bonds. The van der Waals surface area contributed by atoms with Crippen molar-refractivity contribution in [2.24, 2.45) is 0 Å². The van der Waals surface area contributed by atoms with Crippen LogP contribution in [-0.4, -0.2) is 31.9 Å². The molecular formula is C15H23FN2O2S. The molecule has 0 fully saturated rings. The van der Waals surface area contributed by atoms with E-state index in [1.165, 1.54) is 22.5 Å². The van der Waals surface area contributed by atoms with E-state index in [-0.39, 0.29) is 17.5 Å². The standard InChI is InChI=1S/C15H23FN2O2S/c1-5-9-18(12(3)4)21(19,20)15-8-7-13(10-14(15)16)11-17-6-2/h5,7-8,10,12,17H,1,6,9,11H2,2-4H3. The van der Waals surface area contributed by atoms with Gasteiger partial charge in [0.15, 0.2) is 0 Å². The first-order valence-corrected chi connectivity index (χ1v) is 8.40. The van der Waals surface area contributed by atoms with Crippen LogP contribution in [0, 0.1) is 5.82 Å². The molecular weight excluding hydrogens is 291 g/mol. The molecule has 1 aromatic carbocycles. The Morgan fingerprint density at radius 2 is 2.10 bits per heavy atom. The van der Waals surface area contributed by atoms with Crippen LogP contribution in [0.25, 0.3) is 0 Å². The first-order valence-electron chi connectivity index (χ1n) is 6.96. The van der Waals surface area contributed by atoms with Gasteiger partial charge in [-0.05, 0) is 38.1 Å². The van der Waals surface area contributed by atoms with Crippen LogP contribution >= 0.6 is 0 Å². The van der Waals surface area contributed by atoms with E-state index in [0.717, 1.165) is 6.54 Å². The van der Waals surface area contributed by atoms with Gasteiger partial charge in [0.25, 0.3) is 0 Å². The lowest BCUT2D eigenvalue weighted by molar-refractivity contribution is 0.380. The number of hydrogen-bond donors (Lipinski definition) is 1. The van der Waals surface area contributed by atoms with Crippen molar-refractivity contribution in [3.8, 4) is 0 Å². The summed E-state index contributed by atoms with van der Waals surface area (Å²) in [7, 11) is -3.86. The zero-order valence-electron chi connectivity index (χ0n) is 12.8. The summed E-state index contributed by atoms with van der Waals surface area (Å²) in [6, 6.07) is 3.96. The SMILES string of the molecule is C=CCN(C(C)C)S(=O)(=O)c1ccc(CNCC)cc1F. The summed E-state index contributed by atoms with van der Waals surface area (Å²) in [5.74, 6) is -0.722. The quantitative estimate of drug-likeness (QED) is 0.750. The van der Waals surface area contributed by atoms with E-state index in [9.17, 15) is 12.8 Å². The molecule has 21 heavy (non-hydrogen) atoms. The normalized spacial score (nSPS) is 12.1. The second-order valence-electron chi connectivity index (χ2n) is 5.00. The van der Waals surface area contributed by atoms with Gasteiger partial charge in [-0.2, -0.15) is 4.31 Å². The van der Waals surface area contributed by atoms with Crippen molar-refractivity contribution in [2.75, 3.05) is 13.1 Å². The number of benzene rings is 1. The summed E-state index contributed by atoms with van der Waals surface area (Å²) in [6.07, 6.45) is 1.50. The molecule has 0 saturated carbocycles. The van der Waals surface area contributed by atoms with Gasteiger partial charge in [0.1, 0.15) is 10.7 Å². The van der Waals surface area contributed by atoms with Crippen LogP contribution in [-0.2, 0) is 16.6 Å². The third kappa shape index (κ3) is 4.36.